The first-order valence-electron chi connectivity index (χ1n) is 7.18. The number of likely N-dealkylation sites (N-methyl/N-ethyl adjacent to an activating group) is 1. The van der Waals surface area contributed by atoms with Crippen LogP contribution in [0, 0.1) is 0 Å². The minimum Gasteiger partial charge on any atom is -0.347 e. The summed E-state index contributed by atoms with van der Waals surface area (Å²) in [7, 11) is 3.22. The zero-order chi connectivity index (χ0) is 16.8. The Kier molecular flexibility index (Phi) is 5.25. The lowest BCUT2D eigenvalue weighted by molar-refractivity contribution is -0.127. The molecule has 0 atom stereocenters. The van der Waals surface area contributed by atoms with Crippen LogP contribution in [0.1, 0.15) is 26.3 Å². The predicted octanol–water partition coefficient (Wildman–Crippen LogP) is 1.74. The van der Waals surface area contributed by atoms with Crippen molar-refractivity contribution in [2.75, 3.05) is 20.6 Å². The highest BCUT2D eigenvalue weighted by Gasteiger charge is 2.18. The first-order valence-corrected chi connectivity index (χ1v) is 7.18. The number of amides is 2. The van der Waals surface area contributed by atoms with Crippen LogP contribution in [0.25, 0.3) is 0 Å². The van der Waals surface area contributed by atoms with Crippen LogP contribution < -0.4 is 5.32 Å². The number of hydrogen-bond donors (Lipinski definition) is 1. The van der Waals surface area contributed by atoms with Gasteiger partial charge in [0.25, 0.3) is 5.91 Å². The van der Waals surface area contributed by atoms with Crippen LogP contribution in [-0.2, 0) is 4.79 Å². The molecule has 118 valence electrons. The average Bonchev–Trinajstić information content (AvgIpc) is 2.59. The van der Waals surface area contributed by atoms with Gasteiger partial charge in [-0.25, -0.2) is 0 Å². The van der Waals surface area contributed by atoms with Crippen molar-refractivity contribution < 1.29 is 14.4 Å². The summed E-state index contributed by atoms with van der Waals surface area (Å²) in [5.41, 5.74) is 1.08. The van der Waals surface area contributed by atoms with Crippen molar-refractivity contribution in [2.24, 2.45) is 0 Å². The number of nitrogens with zero attached hydrogens (tertiary/aromatic N) is 1. The molecule has 1 N–H and O–H groups in total. The molecule has 0 aliphatic rings. The summed E-state index contributed by atoms with van der Waals surface area (Å²) in [5, 5.41) is 2.54. The van der Waals surface area contributed by atoms with Crippen LogP contribution in [0.4, 0.5) is 0 Å². The Hall–Kier alpha value is -2.95. The Morgan fingerprint density at radius 1 is 0.870 bits per heavy atom. The van der Waals surface area contributed by atoms with Crippen molar-refractivity contribution in [3.63, 3.8) is 0 Å². The van der Waals surface area contributed by atoms with Gasteiger partial charge < -0.3 is 10.2 Å². The number of benzene rings is 2. The second-order valence-electron chi connectivity index (χ2n) is 5.21. The van der Waals surface area contributed by atoms with E-state index in [1.165, 1.54) is 4.90 Å². The number of carbonyl (C=O) groups excluding carboxylic acids is 3. The third-order valence-electron chi connectivity index (χ3n) is 3.35. The van der Waals surface area contributed by atoms with E-state index < -0.39 is 5.91 Å². The lowest BCUT2D eigenvalue weighted by atomic mass is 9.98. The normalized spacial score (nSPS) is 10.0. The fourth-order valence-electron chi connectivity index (χ4n) is 2.03. The second kappa shape index (κ2) is 7.35. The van der Waals surface area contributed by atoms with E-state index in [2.05, 4.69) is 5.32 Å². The van der Waals surface area contributed by atoms with Crippen LogP contribution in [0.5, 0.6) is 0 Å². The second-order valence-corrected chi connectivity index (χ2v) is 5.21. The van der Waals surface area contributed by atoms with Gasteiger partial charge >= 0.3 is 0 Å². The van der Waals surface area contributed by atoms with E-state index in [-0.39, 0.29) is 23.8 Å². The Balaban J connectivity index is 2.22. The SMILES string of the molecule is CN(C)C(=O)CNC(=O)c1ccccc1C(=O)c1ccccc1. The fourth-order valence-corrected chi connectivity index (χ4v) is 2.03. The number of hydrogen-bond acceptors (Lipinski definition) is 3. The van der Waals surface area contributed by atoms with Crippen molar-refractivity contribution in [1.29, 1.82) is 0 Å². The largest absolute Gasteiger partial charge is 0.347 e. The van der Waals surface area contributed by atoms with Crippen molar-refractivity contribution in [1.82, 2.24) is 10.2 Å². The van der Waals surface area contributed by atoms with E-state index >= 15 is 0 Å². The van der Waals surface area contributed by atoms with Gasteiger partial charge in [-0.1, -0.05) is 48.5 Å². The molecule has 23 heavy (non-hydrogen) atoms. The van der Waals surface area contributed by atoms with E-state index in [1.807, 2.05) is 6.07 Å². The zero-order valence-corrected chi connectivity index (χ0v) is 13.1. The third-order valence-corrected chi connectivity index (χ3v) is 3.35. The summed E-state index contributed by atoms with van der Waals surface area (Å²) in [5.74, 6) is -0.888. The molecule has 2 aromatic carbocycles. The Labute approximate surface area is 134 Å². The maximum absolute atomic E-state index is 12.6. The molecule has 0 radical (unpaired) electrons. The Bertz CT molecular complexity index is 724. The Morgan fingerprint density at radius 3 is 2.04 bits per heavy atom. The van der Waals surface area contributed by atoms with Crippen molar-refractivity contribution in [3.05, 3.63) is 71.3 Å². The number of ketones is 1. The van der Waals surface area contributed by atoms with Gasteiger partial charge in [0, 0.05) is 25.2 Å². The lowest BCUT2D eigenvalue weighted by Crippen LogP contribution is -2.36. The Morgan fingerprint density at radius 2 is 1.43 bits per heavy atom. The molecule has 2 amide bonds. The third kappa shape index (κ3) is 4.03. The molecule has 2 rings (SSSR count). The molecule has 0 spiro atoms. The van der Waals surface area contributed by atoms with E-state index in [0.29, 0.717) is 11.1 Å². The predicted molar refractivity (Wildman–Crippen MR) is 87.3 cm³/mol. The maximum Gasteiger partial charge on any atom is 0.252 e. The highest BCUT2D eigenvalue weighted by Crippen LogP contribution is 2.14. The minimum absolute atomic E-state index is 0.111. The molecule has 0 aromatic heterocycles. The van der Waals surface area contributed by atoms with Gasteiger partial charge in [-0.3, -0.25) is 14.4 Å². The molecule has 0 bridgehead atoms. The van der Waals surface area contributed by atoms with Crippen LogP contribution in [0.3, 0.4) is 0 Å². The monoisotopic (exact) mass is 310 g/mol. The zero-order valence-electron chi connectivity index (χ0n) is 13.1. The van der Waals surface area contributed by atoms with Gasteiger partial charge in [-0.2, -0.15) is 0 Å². The van der Waals surface area contributed by atoms with Crippen molar-refractivity contribution in [3.8, 4) is 0 Å². The average molecular weight is 310 g/mol. The summed E-state index contributed by atoms with van der Waals surface area (Å²) in [6.07, 6.45) is 0. The summed E-state index contributed by atoms with van der Waals surface area (Å²) in [4.78, 5) is 37.8. The van der Waals surface area contributed by atoms with Gasteiger partial charge in [0.1, 0.15) is 0 Å². The molecule has 2 aromatic rings. The topological polar surface area (TPSA) is 66.5 Å². The van der Waals surface area contributed by atoms with Crippen molar-refractivity contribution >= 4 is 17.6 Å². The van der Waals surface area contributed by atoms with Gasteiger partial charge in [0.15, 0.2) is 5.78 Å². The van der Waals surface area contributed by atoms with Gasteiger partial charge in [0.2, 0.25) is 5.91 Å². The maximum atomic E-state index is 12.6. The first-order chi connectivity index (χ1) is 11.0. The van der Waals surface area contributed by atoms with Gasteiger partial charge in [-0.05, 0) is 6.07 Å². The summed E-state index contributed by atoms with van der Waals surface area (Å²) in [6, 6.07) is 15.3. The highest BCUT2D eigenvalue weighted by atomic mass is 16.2. The van der Waals surface area contributed by atoms with Crippen LogP contribution in [0.15, 0.2) is 54.6 Å². The molecule has 0 saturated carbocycles. The van der Waals surface area contributed by atoms with E-state index in [0.717, 1.165) is 0 Å². The molecule has 0 aliphatic carbocycles. The number of rotatable bonds is 5. The molecule has 0 unspecified atom stereocenters. The molecular formula is C18H18N2O3. The molecule has 0 saturated heterocycles. The lowest BCUT2D eigenvalue weighted by Gasteiger charge is -2.12. The summed E-state index contributed by atoms with van der Waals surface area (Å²) < 4.78 is 0. The molecule has 0 heterocycles. The smallest absolute Gasteiger partial charge is 0.252 e. The van der Waals surface area contributed by atoms with E-state index in [9.17, 15) is 14.4 Å². The fraction of sp³-hybridized carbons (Fsp3) is 0.167. The molecule has 5 heteroatoms. The van der Waals surface area contributed by atoms with Gasteiger partial charge in [0.05, 0.1) is 12.1 Å². The van der Waals surface area contributed by atoms with Gasteiger partial charge in [-0.15, -0.1) is 0 Å². The van der Waals surface area contributed by atoms with Crippen molar-refractivity contribution in [2.45, 2.75) is 0 Å². The standard InChI is InChI=1S/C18H18N2O3/c1-20(2)16(21)12-19-18(23)15-11-7-6-10-14(15)17(22)13-8-4-3-5-9-13/h3-11H,12H2,1-2H3,(H,19,23). The van der Waals surface area contributed by atoms with Crippen LogP contribution >= 0.6 is 0 Å². The quantitative estimate of drug-likeness (QED) is 0.855. The highest BCUT2D eigenvalue weighted by molar-refractivity contribution is 6.15. The van der Waals surface area contributed by atoms with Crippen LogP contribution in [0.2, 0.25) is 0 Å². The summed E-state index contributed by atoms with van der Waals surface area (Å²) >= 11 is 0. The minimum atomic E-state index is -0.444. The molecule has 0 aliphatic heterocycles. The molecule has 0 fully saturated rings. The van der Waals surface area contributed by atoms with E-state index in [1.54, 1.807) is 62.6 Å². The first kappa shape index (κ1) is 16.4. The van der Waals surface area contributed by atoms with E-state index in [4.69, 9.17) is 0 Å². The molecule has 5 nitrogen and oxygen atoms in total. The molecular weight excluding hydrogens is 292 g/mol. The number of carbonyl (C=O) groups is 3. The number of nitrogens with one attached hydrogen (secondary N) is 1. The summed E-state index contributed by atoms with van der Waals surface area (Å²) in [6.45, 7) is -0.111. The van der Waals surface area contributed by atoms with Crippen LogP contribution in [-0.4, -0.2) is 43.1 Å².